The number of rotatable bonds is 9. The second kappa shape index (κ2) is 12.1. The molecule has 4 aromatic rings. The quantitative estimate of drug-likeness (QED) is 0.149. The fourth-order valence-electron chi connectivity index (χ4n) is 3.87. The maximum absolute atomic E-state index is 12.0. The molecule has 0 fully saturated rings. The summed E-state index contributed by atoms with van der Waals surface area (Å²) in [5, 5.41) is 31.6. The molecule has 9 heteroatoms. The highest BCUT2D eigenvalue weighted by atomic mass is 16.6. The lowest BCUT2D eigenvalue weighted by atomic mass is 10.1. The topological polar surface area (TPSA) is 124 Å². The third-order valence-corrected chi connectivity index (χ3v) is 5.67. The highest BCUT2D eigenvalue weighted by Crippen LogP contribution is 2.34. The minimum Gasteiger partial charge on any atom is -0.363 e. The van der Waals surface area contributed by atoms with Crippen LogP contribution >= 0.6 is 0 Å². The molecule has 0 spiro atoms. The van der Waals surface area contributed by atoms with Crippen LogP contribution in [0.15, 0.2) is 107 Å². The number of nitro benzene ring substituents is 1. The van der Waals surface area contributed by atoms with Gasteiger partial charge in [-0.2, -0.15) is 5.26 Å². The van der Waals surface area contributed by atoms with E-state index in [9.17, 15) is 20.2 Å². The number of nitriles is 1. The normalized spacial score (nSPS) is 10.6. The fraction of sp³-hybridized carbons (Fsp3) is 0.103. The summed E-state index contributed by atoms with van der Waals surface area (Å²) in [4.78, 5) is 24.6. The zero-order valence-electron chi connectivity index (χ0n) is 20.6. The summed E-state index contributed by atoms with van der Waals surface area (Å²) in [5.41, 5.74) is 3.97. The molecule has 0 aliphatic carbocycles. The van der Waals surface area contributed by atoms with Crippen LogP contribution in [-0.2, 0) is 17.9 Å². The Morgan fingerprint density at radius 2 is 1.47 bits per heavy atom. The molecule has 1 amide bonds. The van der Waals surface area contributed by atoms with Gasteiger partial charge < -0.3 is 10.2 Å². The first-order chi connectivity index (χ1) is 18.4. The van der Waals surface area contributed by atoms with E-state index in [0.717, 1.165) is 22.9 Å². The van der Waals surface area contributed by atoms with Crippen molar-refractivity contribution < 1.29 is 9.72 Å². The molecule has 0 saturated carbocycles. The number of hydrogen-bond donors (Lipinski definition) is 1. The van der Waals surface area contributed by atoms with Gasteiger partial charge >= 0.3 is 0 Å². The minimum atomic E-state index is -0.577. The summed E-state index contributed by atoms with van der Waals surface area (Å²) < 4.78 is 0. The SMILES string of the molecule is CC(=O)Nc1cc(N(Cc2ccccc2)Cc2ccccc2)ccc1N=Nc1ccc([N+](=O)[O-])cc1C#N. The fourth-order valence-corrected chi connectivity index (χ4v) is 3.87. The van der Waals surface area contributed by atoms with Crippen LogP contribution in [0.5, 0.6) is 0 Å². The molecule has 0 aliphatic heterocycles. The summed E-state index contributed by atoms with van der Waals surface area (Å²) in [5.74, 6) is -0.274. The van der Waals surface area contributed by atoms with Gasteiger partial charge in [-0.05, 0) is 35.4 Å². The van der Waals surface area contributed by atoms with E-state index in [1.54, 1.807) is 6.07 Å². The first-order valence-electron chi connectivity index (χ1n) is 11.8. The zero-order chi connectivity index (χ0) is 26.9. The summed E-state index contributed by atoms with van der Waals surface area (Å²) >= 11 is 0. The average molecular weight is 505 g/mol. The lowest BCUT2D eigenvalue weighted by Gasteiger charge is -2.26. The first kappa shape index (κ1) is 25.7. The number of nitrogens with zero attached hydrogens (tertiary/aromatic N) is 5. The van der Waals surface area contributed by atoms with Crippen molar-refractivity contribution >= 4 is 34.3 Å². The van der Waals surface area contributed by atoms with E-state index < -0.39 is 4.92 Å². The molecular weight excluding hydrogens is 480 g/mol. The van der Waals surface area contributed by atoms with Gasteiger partial charge in [0.25, 0.3) is 5.69 Å². The highest BCUT2D eigenvalue weighted by Gasteiger charge is 2.14. The predicted octanol–water partition coefficient (Wildman–Crippen LogP) is 7.05. The molecule has 4 aromatic carbocycles. The van der Waals surface area contributed by atoms with Crippen LogP contribution in [0.4, 0.5) is 28.4 Å². The van der Waals surface area contributed by atoms with Crippen LogP contribution in [0.1, 0.15) is 23.6 Å². The van der Waals surface area contributed by atoms with Gasteiger partial charge in [0.05, 0.1) is 16.2 Å². The van der Waals surface area contributed by atoms with Crippen molar-refractivity contribution in [2.24, 2.45) is 10.2 Å². The molecule has 0 unspecified atom stereocenters. The second-order valence-electron chi connectivity index (χ2n) is 8.48. The zero-order valence-corrected chi connectivity index (χ0v) is 20.6. The van der Waals surface area contributed by atoms with Crippen molar-refractivity contribution in [3.63, 3.8) is 0 Å². The summed E-state index contributed by atoms with van der Waals surface area (Å²) in [7, 11) is 0. The number of nitrogens with one attached hydrogen (secondary N) is 1. The lowest BCUT2D eigenvalue weighted by Crippen LogP contribution is -2.22. The number of carbonyl (C=O) groups excluding carboxylic acids is 1. The molecule has 1 N–H and O–H groups in total. The Bertz CT molecular complexity index is 1470. The van der Waals surface area contributed by atoms with Gasteiger partial charge in [-0.1, -0.05) is 60.7 Å². The number of anilines is 2. The van der Waals surface area contributed by atoms with Gasteiger partial charge in [0.1, 0.15) is 17.4 Å². The summed E-state index contributed by atoms with van der Waals surface area (Å²) in [6.45, 7) is 2.69. The van der Waals surface area contributed by atoms with Crippen molar-refractivity contribution in [1.82, 2.24) is 0 Å². The van der Waals surface area contributed by atoms with Crippen LogP contribution < -0.4 is 10.2 Å². The lowest BCUT2D eigenvalue weighted by molar-refractivity contribution is -0.384. The van der Waals surface area contributed by atoms with Gasteiger partial charge in [-0.25, -0.2) is 0 Å². The van der Waals surface area contributed by atoms with Crippen LogP contribution in [0.2, 0.25) is 0 Å². The molecule has 0 atom stereocenters. The minimum absolute atomic E-state index is 0.0255. The van der Waals surface area contributed by atoms with E-state index in [-0.39, 0.29) is 22.8 Å². The molecule has 0 saturated heterocycles. The Hall–Kier alpha value is -5.36. The molecule has 0 bridgehead atoms. The molecule has 0 radical (unpaired) electrons. The Morgan fingerprint density at radius 1 is 0.895 bits per heavy atom. The molecule has 4 rings (SSSR count). The van der Waals surface area contributed by atoms with E-state index in [1.165, 1.54) is 19.1 Å². The second-order valence-corrected chi connectivity index (χ2v) is 8.48. The van der Waals surface area contributed by atoms with Crippen LogP contribution in [0.3, 0.4) is 0 Å². The number of nitro groups is 1. The molecule has 38 heavy (non-hydrogen) atoms. The highest BCUT2D eigenvalue weighted by molar-refractivity contribution is 5.93. The average Bonchev–Trinajstić information content (AvgIpc) is 2.92. The molecule has 188 valence electrons. The molecule has 0 aromatic heterocycles. The number of amides is 1. The van der Waals surface area contributed by atoms with Crippen molar-refractivity contribution in [2.45, 2.75) is 20.0 Å². The third kappa shape index (κ3) is 6.65. The van der Waals surface area contributed by atoms with Crippen molar-refractivity contribution in [3.05, 3.63) is 124 Å². The predicted molar refractivity (Wildman–Crippen MR) is 146 cm³/mol. The standard InChI is InChI=1S/C29H24N6O3/c1-21(36)31-29-17-25(34(19-22-8-4-2-5-9-22)20-23-10-6-3-7-11-23)12-15-28(29)33-32-27-14-13-26(35(37)38)16-24(27)18-30/h2-17H,19-20H2,1H3,(H,31,36). The number of non-ortho nitro benzene ring substituents is 1. The van der Waals surface area contributed by atoms with Crippen molar-refractivity contribution in [1.29, 1.82) is 5.26 Å². The third-order valence-electron chi connectivity index (χ3n) is 5.67. The van der Waals surface area contributed by atoms with E-state index in [2.05, 4.69) is 44.7 Å². The first-order valence-corrected chi connectivity index (χ1v) is 11.8. The van der Waals surface area contributed by atoms with E-state index in [1.807, 2.05) is 54.6 Å². The van der Waals surface area contributed by atoms with Gasteiger partial charge in [-0.15, -0.1) is 10.2 Å². The Kier molecular flexibility index (Phi) is 8.16. The molecular formula is C29H24N6O3. The monoisotopic (exact) mass is 504 g/mol. The van der Waals surface area contributed by atoms with E-state index in [4.69, 9.17) is 0 Å². The van der Waals surface area contributed by atoms with Gasteiger partial charge in [0, 0.05) is 37.8 Å². The van der Waals surface area contributed by atoms with Crippen LogP contribution in [0, 0.1) is 21.4 Å². The van der Waals surface area contributed by atoms with Crippen molar-refractivity contribution in [2.75, 3.05) is 10.2 Å². The van der Waals surface area contributed by atoms with Gasteiger partial charge in [0.2, 0.25) is 5.91 Å². The molecule has 0 aliphatic rings. The number of hydrogen-bond acceptors (Lipinski definition) is 7. The van der Waals surface area contributed by atoms with Gasteiger partial charge in [-0.3, -0.25) is 14.9 Å². The summed E-state index contributed by atoms with van der Waals surface area (Å²) in [6, 6.07) is 31.3. The molecule has 0 heterocycles. The smallest absolute Gasteiger partial charge is 0.270 e. The van der Waals surface area contributed by atoms with Crippen LogP contribution in [0.25, 0.3) is 0 Å². The van der Waals surface area contributed by atoms with E-state index >= 15 is 0 Å². The molecule has 9 nitrogen and oxygen atoms in total. The number of carbonyl (C=O) groups is 1. The van der Waals surface area contributed by atoms with Crippen LogP contribution in [-0.4, -0.2) is 10.8 Å². The Morgan fingerprint density at radius 3 is 2.03 bits per heavy atom. The maximum atomic E-state index is 12.0. The Labute approximate surface area is 219 Å². The Balaban J connectivity index is 1.69. The number of benzene rings is 4. The van der Waals surface area contributed by atoms with Gasteiger partial charge in [0.15, 0.2) is 0 Å². The number of azo groups is 1. The largest absolute Gasteiger partial charge is 0.363 e. The summed E-state index contributed by atoms with van der Waals surface area (Å²) in [6.07, 6.45) is 0. The van der Waals surface area contributed by atoms with Crippen molar-refractivity contribution in [3.8, 4) is 6.07 Å². The van der Waals surface area contributed by atoms with E-state index in [0.29, 0.717) is 24.5 Å². The maximum Gasteiger partial charge on any atom is 0.270 e.